The lowest BCUT2D eigenvalue weighted by atomic mass is 9.98. The summed E-state index contributed by atoms with van der Waals surface area (Å²) in [5, 5.41) is 18.4. The second-order valence-electron chi connectivity index (χ2n) is 18.1. The number of allylic oxidation sites excluding steroid dienone is 1. The Balaban J connectivity index is 1.13. The Morgan fingerprint density at radius 1 is 1.06 bits per heavy atom. The van der Waals surface area contributed by atoms with E-state index in [-0.39, 0.29) is 43.9 Å². The number of likely N-dealkylation sites (tertiary alicyclic amines) is 1. The SMILES string of the molecule is COc1ccc2c(O[C@@H]3C[C@H]4C(=O)N[C@]5(C(=O)NS(=O)(=O)C6CC6)C[C@H]5C=CCCCCC[C@H](NC(=O)N5CCC(CO)CC5)C(=O)N4C3)cc(-c3nc(C(C)C)cs3)nc2c1C. The number of amides is 5. The number of hydrogen-bond acceptors (Lipinski definition) is 12. The zero-order chi connectivity index (χ0) is 44.6. The Morgan fingerprint density at radius 3 is 2.54 bits per heavy atom. The van der Waals surface area contributed by atoms with Crippen LogP contribution in [0.1, 0.15) is 102 Å². The molecule has 2 aromatic heterocycles. The fraction of sp³-hybridized carbons (Fsp3) is 0.600. The third-order valence-corrected chi connectivity index (χ3v) is 16.0. The second-order valence-corrected chi connectivity index (χ2v) is 21.0. The molecule has 0 spiro atoms. The maximum atomic E-state index is 14.9. The molecule has 16 nitrogen and oxygen atoms in total. The van der Waals surface area contributed by atoms with Gasteiger partial charge < -0.3 is 35.0 Å². The summed E-state index contributed by atoms with van der Waals surface area (Å²) < 4.78 is 40.8. The van der Waals surface area contributed by atoms with Crippen molar-refractivity contribution in [1.29, 1.82) is 0 Å². The Morgan fingerprint density at radius 2 is 1.84 bits per heavy atom. The number of fused-ring (bicyclic) bond motifs is 3. The molecule has 5 heterocycles. The minimum Gasteiger partial charge on any atom is -0.496 e. The van der Waals surface area contributed by atoms with Gasteiger partial charge in [0.25, 0.3) is 5.91 Å². The third kappa shape index (κ3) is 9.53. The number of rotatable bonds is 10. The first kappa shape index (κ1) is 44.8. The molecule has 2 aliphatic carbocycles. The number of nitrogens with zero attached hydrogens (tertiary/aromatic N) is 4. The molecule has 5 aliphatic rings. The summed E-state index contributed by atoms with van der Waals surface area (Å²) in [6, 6.07) is 3.09. The van der Waals surface area contributed by atoms with Gasteiger partial charge in [-0.25, -0.2) is 23.2 Å². The number of aliphatic hydroxyl groups excluding tert-OH is 1. The van der Waals surface area contributed by atoms with Crippen LogP contribution in [0.25, 0.3) is 21.6 Å². The van der Waals surface area contributed by atoms with Crippen molar-refractivity contribution in [2.45, 2.75) is 126 Å². The van der Waals surface area contributed by atoms with E-state index < -0.39 is 62.6 Å². The number of thiazole rings is 1. The predicted molar refractivity (Wildman–Crippen MR) is 238 cm³/mol. The average Bonchev–Trinajstić information content (AvgIpc) is 4.14. The molecule has 0 radical (unpaired) electrons. The van der Waals surface area contributed by atoms with Crippen LogP contribution in [0, 0.1) is 18.8 Å². The Bertz CT molecular complexity index is 2380. The second kappa shape index (κ2) is 18.4. The van der Waals surface area contributed by atoms with Crippen molar-refractivity contribution in [3.63, 3.8) is 0 Å². The number of aromatic nitrogens is 2. The molecule has 4 N–H and O–H groups in total. The van der Waals surface area contributed by atoms with E-state index in [4.69, 9.17) is 19.4 Å². The number of sulfonamides is 1. The van der Waals surface area contributed by atoms with E-state index >= 15 is 0 Å². The van der Waals surface area contributed by atoms with Crippen LogP contribution in [0.3, 0.4) is 0 Å². The smallest absolute Gasteiger partial charge is 0.318 e. The maximum Gasteiger partial charge on any atom is 0.318 e. The minimum absolute atomic E-state index is 0.00714. The number of hydrogen-bond donors (Lipinski definition) is 4. The number of pyridine rings is 1. The molecule has 5 atom stereocenters. The van der Waals surface area contributed by atoms with Crippen LogP contribution in [0.4, 0.5) is 4.79 Å². The number of aliphatic hydroxyl groups is 1. The molecule has 2 saturated heterocycles. The van der Waals surface area contributed by atoms with Crippen molar-refractivity contribution in [3.8, 4) is 22.2 Å². The lowest BCUT2D eigenvalue weighted by Crippen LogP contribution is -2.59. The summed E-state index contributed by atoms with van der Waals surface area (Å²) in [5.74, 6) is -0.825. The van der Waals surface area contributed by atoms with Crippen molar-refractivity contribution in [1.82, 2.24) is 35.1 Å². The van der Waals surface area contributed by atoms with Crippen molar-refractivity contribution in [2.75, 3.05) is 33.4 Å². The number of piperidine rings is 1. The van der Waals surface area contributed by atoms with Gasteiger partial charge in [0, 0.05) is 54.4 Å². The zero-order valence-corrected chi connectivity index (χ0v) is 38.1. The highest BCUT2D eigenvalue weighted by atomic mass is 32.2. The molecule has 0 unspecified atom stereocenters. The normalized spacial score (nSPS) is 26.1. The Kier molecular flexibility index (Phi) is 13.0. The van der Waals surface area contributed by atoms with Crippen molar-refractivity contribution >= 4 is 56.0 Å². The molecule has 5 amide bonds. The molecule has 1 aromatic carbocycles. The van der Waals surface area contributed by atoms with Crippen LogP contribution in [0.2, 0.25) is 0 Å². The first-order valence-electron chi connectivity index (χ1n) is 22.3. The molecular formula is C45H59N7O9S2. The summed E-state index contributed by atoms with van der Waals surface area (Å²) >= 11 is 1.48. The van der Waals surface area contributed by atoms with Gasteiger partial charge in [0.05, 0.1) is 30.1 Å². The number of urea groups is 1. The number of carbonyl (C=O) groups excluding carboxylic acids is 4. The van der Waals surface area contributed by atoms with Crippen LogP contribution in [0.15, 0.2) is 35.7 Å². The lowest BCUT2D eigenvalue weighted by Gasteiger charge is -2.34. The predicted octanol–water partition coefficient (Wildman–Crippen LogP) is 4.93. The van der Waals surface area contributed by atoms with Gasteiger partial charge in [0.2, 0.25) is 21.8 Å². The molecule has 2 saturated carbocycles. The third-order valence-electron chi connectivity index (χ3n) is 13.3. The summed E-state index contributed by atoms with van der Waals surface area (Å²) in [4.78, 5) is 70.4. The number of benzene rings is 1. The van der Waals surface area contributed by atoms with Crippen LogP contribution < -0.4 is 24.8 Å². The van der Waals surface area contributed by atoms with Crippen molar-refractivity contribution in [2.24, 2.45) is 11.8 Å². The monoisotopic (exact) mass is 905 g/mol. The van der Waals surface area contributed by atoms with Gasteiger partial charge in [-0.05, 0) is 82.3 Å². The van der Waals surface area contributed by atoms with Gasteiger partial charge in [-0.1, -0.05) is 38.8 Å². The van der Waals surface area contributed by atoms with E-state index in [0.717, 1.165) is 24.1 Å². The van der Waals surface area contributed by atoms with Gasteiger partial charge >= 0.3 is 6.03 Å². The largest absolute Gasteiger partial charge is 0.496 e. The van der Waals surface area contributed by atoms with Crippen LogP contribution in [-0.2, 0) is 24.4 Å². The highest BCUT2D eigenvalue weighted by molar-refractivity contribution is 7.91. The zero-order valence-electron chi connectivity index (χ0n) is 36.4. The summed E-state index contributed by atoms with van der Waals surface area (Å²) in [7, 11) is -2.32. The lowest BCUT2D eigenvalue weighted by molar-refractivity contribution is -0.141. The molecular weight excluding hydrogens is 847 g/mol. The fourth-order valence-electron chi connectivity index (χ4n) is 9.06. The van der Waals surface area contributed by atoms with Crippen molar-refractivity contribution < 1.29 is 42.2 Å². The number of carbonyl (C=O) groups is 4. The Labute approximate surface area is 372 Å². The van der Waals surface area contributed by atoms with Crippen molar-refractivity contribution in [3.05, 3.63) is 47.0 Å². The highest BCUT2D eigenvalue weighted by Gasteiger charge is 2.62. The van der Waals surface area contributed by atoms with E-state index in [9.17, 15) is 32.7 Å². The number of ether oxygens (including phenoxy) is 2. The Hall–Kier alpha value is -4.81. The fourth-order valence-corrected chi connectivity index (χ4v) is 11.4. The number of nitrogens with one attached hydrogen (secondary N) is 3. The van der Waals surface area contributed by atoms with Gasteiger partial charge in [0.1, 0.15) is 45.9 Å². The molecule has 4 fully saturated rings. The minimum atomic E-state index is -3.92. The van der Waals surface area contributed by atoms with Crippen LogP contribution >= 0.6 is 11.3 Å². The number of methoxy groups -OCH3 is 1. The molecule has 0 bridgehead atoms. The van der Waals surface area contributed by atoms with Crippen LogP contribution in [0.5, 0.6) is 11.5 Å². The quantitative estimate of drug-likeness (QED) is 0.201. The summed E-state index contributed by atoms with van der Waals surface area (Å²) in [6.07, 6.45) is 8.88. The molecule has 18 heteroatoms. The summed E-state index contributed by atoms with van der Waals surface area (Å²) in [5.41, 5.74) is 1.47. The number of aryl methyl sites for hydroxylation is 1. The first-order chi connectivity index (χ1) is 30.2. The molecule has 3 aliphatic heterocycles. The van der Waals surface area contributed by atoms with E-state index in [0.29, 0.717) is 91.1 Å². The van der Waals surface area contributed by atoms with Crippen LogP contribution in [-0.4, -0.2) is 119 Å². The van der Waals surface area contributed by atoms with E-state index in [2.05, 4.69) is 29.2 Å². The topological polar surface area (TPSA) is 209 Å². The maximum absolute atomic E-state index is 14.9. The highest BCUT2D eigenvalue weighted by Crippen LogP contribution is 2.46. The standard InChI is InChI=1S/C45H59N7O9S2/c1-26(2)35-25-62-41(47-35)34-21-38(32-14-15-37(60-4)27(3)39(32)46-34)61-30-20-36-40(54)49-45(43(56)50-63(58,59)31-12-13-31)22-29(45)10-8-6-5-7-9-11-33(42(55)52(36)23-30)48-44(57)51-18-16-28(24-53)17-19-51/h8,10,14-15,21,25-26,28-31,33,36,53H,5-7,9,11-13,16-20,22-24H2,1-4H3,(H,48,57)(H,49,54)(H,50,56)/t29-,30-,33+,36+,45-/m1/s1. The average molecular weight is 906 g/mol. The molecule has 63 heavy (non-hydrogen) atoms. The van der Waals surface area contributed by atoms with Gasteiger partial charge in [-0.3, -0.25) is 19.1 Å². The van der Waals surface area contributed by atoms with Gasteiger partial charge in [0.15, 0.2) is 0 Å². The van der Waals surface area contributed by atoms with Gasteiger partial charge in [-0.15, -0.1) is 11.3 Å². The van der Waals surface area contributed by atoms with E-state index in [1.807, 2.05) is 42.7 Å². The molecule has 340 valence electrons. The molecule has 3 aromatic rings. The van der Waals surface area contributed by atoms with E-state index in [1.165, 1.54) is 16.2 Å². The first-order valence-corrected chi connectivity index (χ1v) is 24.8. The van der Waals surface area contributed by atoms with E-state index in [1.54, 1.807) is 12.0 Å². The summed E-state index contributed by atoms with van der Waals surface area (Å²) in [6.45, 7) is 7.02. The molecule has 8 rings (SSSR count). The van der Waals surface area contributed by atoms with Gasteiger partial charge in [-0.2, -0.15) is 0 Å².